The fourth-order valence-corrected chi connectivity index (χ4v) is 3.23. The molecule has 3 heterocycles. The van der Waals surface area contributed by atoms with Gasteiger partial charge in [0.2, 0.25) is 5.65 Å². The number of hydrogen-bond acceptors (Lipinski definition) is 6. The number of phenolic OH excluding ortho intramolecular Hbond substituents is 1. The maximum absolute atomic E-state index is 9.59. The minimum absolute atomic E-state index is 0.326. The highest BCUT2D eigenvalue weighted by Crippen LogP contribution is 2.22. The molecule has 1 N–H and O–H groups in total. The van der Waals surface area contributed by atoms with Crippen LogP contribution in [0.3, 0.4) is 0 Å². The molecule has 0 atom stereocenters. The Labute approximate surface area is 140 Å². The number of nitrogens with zero attached hydrogens (tertiary/aromatic N) is 6. The van der Waals surface area contributed by atoms with Gasteiger partial charge < -0.3 is 10.0 Å². The van der Waals surface area contributed by atoms with Crippen molar-refractivity contribution in [3.63, 3.8) is 0 Å². The maximum atomic E-state index is 9.59. The molecule has 0 bridgehead atoms. The molecule has 0 radical (unpaired) electrons. The van der Waals surface area contributed by atoms with E-state index >= 15 is 0 Å². The average Bonchev–Trinajstić information content (AvgIpc) is 3.03. The number of hydrogen-bond donors (Lipinski definition) is 1. The lowest BCUT2D eigenvalue weighted by Crippen LogP contribution is -2.46. The molecule has 0 unspecified atom stereocenters. The summed E-state index contributed by atoms with van der Waals surface area (Å²) in [6, 6.07) is 9.56. The Bertz CT molecular complexity index is 853. The van der Waals surface area contributed by atoms with Gasteiger partial charge in [0.15, 0.2) is 0 Å². The fraction of sp³-hybridized carbons (Fsp3) is 0.353. The molecule has 1 aliphatic rings. The molecule has 7 heteroatoms. The fourth-order valence-electron chi connectivity index (χ4n) is 3.23. The summed E-state index contributed by atoms with van der Waals surface area (Å²) in [5, 5.41) is 22.2. The standard InChI is InChI=1S/C17H20N6O/c1-13-9-16(17-19-18-12-23(17)20-13)22-7-5-21(6-8-22)11-14-3-2-4-15(24)10-14/h2-4,9-10,12,24H,5-8,11H2,1H3. The van der Waals surface area contributed by atoms with Crippen molar-refractivity contribution in [3.8, 4) is 5.75 Å². The van der Waals surface area contributed by atoms with Crippen LogP contribution < -0.4 is 4.90 Å². The minimum Gasteiger partial charge on any atom is -0.508 e. The lowest BCUT2D eigenvalue weighted by atomic mass is 10.2. The van der Waals surface area contributed by atoms with Crippen LogP contribution in [0.15, 0.2) is 36.7 Å². The van der Waals surface area contributed by atoms with Crippen LogP contribution in [0.1, 0.15) is 11.3 Å². The number of aryl methyl sites for hydroxylation is 1. The Morgan fingerprint density at radius 1 is 1.12 bits per heavy atom. The Hall–Kier alpha value is -2.67. The van der Waals surface area contributed by atoms with Gasteiger partial charge in [-0.3, -0.25) is 4.90 Å². The molecular weight excluding hydrogens is 304 g/mol. The van der Waals surface area contributed by atoms with E-state index in [2.05, 4.69) is 37.2 Å². The second kappa shape index (κ2) is 6.09. The summed E-state index contributed by atoms with van der Waals surface area (Å²) in [5.74, 6) is 0.326. The van der Waals surface area contributed by atoms with Gasteiger partial charge in [-0.1, -0.05) is 12.1 Å². The number of rotatable bonds is 3. The van der Waals surface area contributed by atoms with Crippen LogP contribution in [0.2, 0.25) is 0 Å². The van der Waals surface area contributed by atoms with Crippen LogP contribution in [-0.4, -0.2) is 56.0 Å². The van der Waals surface area contributed by atoms with E-state index in [4.69, 9.17) is 0 Å². The molecular formula is C17H20N6O. The Morgan fingerprint density at radius 3 is 2.75 bits per heavy atom. The van der Waals surface area contributed by atoms with Crippen molar-refractivity contribution in [2.75, 3.05) is 31.1 Å². The lowest BCUT2D eigenvalue weighted by molar-refractivity contribution is 0.249. The highest BCUT2D eigenvalue weighted by molar-refractivity contribution is 5.68. The quantitative estimate of drug-likeness (QED) is 0.786. The zero-order valence-electron chi connectivity index (χ0n) is 13.6. The molecule has 4 rings (SSSR count). The predicted octanol–water partition coefficient (Wildman–Crippen LogP) is 1.46. The van der Waals surface area contributed by atoms with E-state index in [0.717, 1.165) is 55.3 Å². The normalized spacial score (nSPS) is 16.0. The van der Waals surface area contributed by atoms with Gasteiger partial charge in [-0.05, 0) is 30.7 Å². The first kappa shape index (κ1) is 14.9. The van der Waals surface area contributed by atoms with Crippen molar-refractivity contribution in [1.29, 1.82) is 0 Å². The molecule has 0 saturated carbocycles. The second-order valence-corrected chi connectivity index (χ2v) is 6.20. The Morgan fingerprint density at radius 2 is 1.96 bits per heavy atom. The van der Waals surface area contributed by atoms with E-state index in [0.29, 0.717) is 5.75 Å². The van der Waals surface area contributed by atoms with E-state index < -0.39 is 0 Å². The first-order valence-electron chi connectivity index (χ1n) is 8.12. The van der Waals surface area contributed by atoms with Gasteiger partial charge in [0.1, 0.15) is 12.1 Å². The highest BCUT2D eigenvalue weighted by atomic mass is 16.3. The molecule has 124 valence electrons. The van der Waals surface area contributed by atoms with Gasteiger partial charge in [0, 0.05) is 32.7 Å². The summed E-state index contributed by atoms with van der Waals surface area (Å²) in [6.07, 6.45) is 1.64. The topological polar surface area (TPSA) is 69.8 Å². The third kappa shape index (κ3) is 2.90. The number of piperazine rings is 1. The largest absolute Gasteiger partial charge is 0.508 e. The molecule has 0 spiro atoms. The predicted molar refractivity (Wildman–Crippen MR) is 91.1 cm³/mol. The third-order valence-corrected chi connectivity index (χ3v) is 4.40. The zero-order chi connectivity index (χ0) is 16.5. The summed E-state index contributed by atoms with van der Waals surface area (Å²) >= 11 is 0. The molecule has 0 aliphatic carbocycles. The molecule has 2 aromatic heterocycles. The smallest absolute Gasteiger partial charge is 0.200 e. The number of aromatic nitrogens is 4. The van der Waals surface area contributed by atoms with Gasteiger partial charge in [-0.15, -0.1) is 10.2 Å². The summed E-state index contributed by atoms with van der Waals surface area (Å²) in [4.78, 5) is 4.75. The van der Waals surface area contributed by atoms with Crippen molar-refractivity contribution in [3.05, 3.63) is 47.9 Å². The van der Waals surface area contributed by atoms with Crippen LogP contribution in [0.4, 0.5) is 5.69 Å². The van der Waals surface area contributed by atoms with Crippen molar-refractivity contribution < 1.29 is 5.11 Å². The van der Waals surface area contributed by atoms with Gasteiger partial charge in [-0.2, -0.15) is 9.61 Å². The number of aromatic hydroxyl groups is 1. The van der Waals surface area contributed by atoms with Crippen LogP contribution in [0.25, 0.3) is 5.65 Å². The Balaban J connectivity index is 1.46. The van der Waals surface area contributed by atoms with E-state index in [9.17, 15) is 5.11 Å². The van der Waals surface area contributed by atoms with Crippen LogP contribution in [0, 0.1) is 6.92 Å². The summed E-state index contributed by atoms with van der Waals surface area (Å²) < 4.78 is 1.74. The molecule has 1 aliphatic heterocycles. The molecule has 24 heavy (non-hydrogen) atoms. The van der Waals surface area contributed by atoms with Crippen molar-refractivity contribution >= 4 is 11.3 Å². The van der Waals surface area contributed by atoms with Crippen LogP contribution >= 0.6 is 0 Å². The molecule has 1 saturated heterocycles. The van der Waals surface area contributed by atoms with E-state index in [1.54, 1.807) is 16.9 Å². The van der Waals surface area contributed by atoms with Crippen LogP contribution in [0.5, 0.6) is 5.75 Å². The van der Waals surface area contributed by atoms with E-state index in [1.165, 1.54) is 0 Å². The average molecular weight is 324 g/mol. The van der Waals surface area contributed by atoms with E-state index in [-0.39, 0.29) is 0 Å². The molecule has 1 aromatic carbocycles. The van der Waals surface area contributed by atoms with E-state index in [1.807, 2.05) is 19.1 Å². The summed E-state index contributed by atoms with van der Waals surface area (Å²) in [7, 11) is 0. The summed E-state index contributed by atoms with van der Waals surface area (Å²) in [5.41, 5.74) is 4.00. The Kier molecular flexibility index (Phi) is 3.78. The first-order valence-corrected chi connectivity index (χ1v) is 8.12. The molecule has 0 amide bonds. The number of anilines is 1. The SMILES string of the molecule is Cc1cc(N2CCN(Cc3cccc(O)c3)CC2)c2nncn2n1. The monoisotopic (exact) mass is 324 g/mol. The second-order valence-electron chi connectivity index (χ2n) is 6.20. The third-order valence-electron chi connectivity index (χ3n) is 4.40. The number of fused-ring (bicyclic) bond motifs is 1. The lowest BCUT2D eigenvalue weighted by Gasteiger charge is -2.36. The van der Waals surface area contributed by atoms with Crippen molar-refractivity contribution in [2.45, 2.75) is 13.5 Å². The number of phenols is 1. The minimum atomic E-state index is 0.326. The number of benzene rings is 1. The molecule has 3 aromatic rings. The van der Waals surface area contributed by atoms with Gasteiger partial charge >= 0.3 is 0 Å². The van der Waals surface area contributed by atoms with Gasteiger partial charge in [-0.25, -0.2) is 0 Å². The van der Waals surface area contributed by atoms with Crippen molar-refractivity contribution in [1.82, 2.24) is 24.7 Å². The maximum Gasteiger partial charge on any atom is 0.200 e. The molecule has 1 fully saturated rings. The summed E-state index contributed by atoms with van der Waals surface area (Å²) in [6.45, 7) is 6.66. The highest BCUT2D eigenvalue weighted by Gasteiger charge is 2.20. The molecule has 7 nitrogen and oxygen atoms in total. The first-order chi connectivity index (χ1) is 11.7. The van der Waals surface area contributed by atoms with Gasteiger partial charge in [0.05, 0.1) is 11.4 Å². The van der Waals surface area contributed by atoms with Crippen molar-refractivity contribution in [2.24, 2.45) is 0 Å². The van der Waals surface area contributed by atoms with Crippen LogP contribution in [-0.2, 0) is 6.54 Å². The van der Waals surface area contributed by atoms with Gasteiger partial charge in [0.25, 0.3) is 0 Å². The zero-order valence-corrected chi connectivity index (χ0v) is 13.6.